The van der Waals surface area contributed by atoms with Crippen molar-refractivity contribution in [2.45, 2.75) is 26.3 Å². The number of ether oxygens (including phenoxy) is 1. The van der Waals surface area contributed by atoms with Gasteiger partial charge in [-0.2, -0.15) is 0 Å². The Morgan fingerprint density at radius 1 is 0.955 bits per heavy atom. The second kappa shape index (κ2) is 6.98. The molecule has 0 aliphatic heterocycles. The molecule has 0 aromatic heterocycles. The molecule has 0 spiro atoms. The van der Waals surface area contributed by atoms with Crippen LogP contribution in [0.1, 0.15) is 20.8 Å². The van der Waals surface area contributed by atoms with Crippen molar-refractivity contribution in [2.24, 2.45) is 0 Å². The number of hydrogen-bond donors (Lipinski definition) is 2. The molecule has 0 aliphatic carbocycles. The predicted octanol–water partition coefficient (Wildman–Crippen LogP) is 3.81. The van der Waals surface area contributed by atoms with Gasteiger partial charge in [0.1, 0.15) is 11.5 Å². The minimum absolute atomic E-state index is 0.0305. The summed E-state index contributed by atoms with van der Waals surface area (Å²) in [7, 11) is 0. The van der Waals surface area contributed by atoms with E-state index in [4.69, 9.17) is 4.74 Å². The lowest BCUT2D eigenvalue weighted by atomic mass is 10.1. The molecule has 0 saturated heterocycles. The van der Waals surface area contributed by atoms with Gasteiger partial charge in [-0.1, -0.05) is 18.2 Å². The van der Waals surface area contributed by atoms with E-state index in [0.29, 0.717) is 0 Å². The molecule has 0 unspecified atom stereocenters. The zero-order chi connectivity index (χ0) is 16.0. The number of rotatable bonds is 5. The van der Waals surface area contributed by atoms with Gasteiger partial charge in [0.15, 0.2) is 0 Å². The van der Waals surface area contributed by atoms with E-state index >= 15 is 0 Å². The Kier molecular flexibility index (Phi) is 5.04. The van der Waals surface area contributed by atoms with E-state index in [1.807, 2.05) is 75.4 Å². The van der Waals surface area contributed by atoms with Gasteiger partial charge in [-0.05, 0) is 57.2 Å². The summed E-state index contributed by atoms with van der Waals surface area (Å²) in [6, 6.07) is 17.1. The predicted molar refractivity (Wildman–Crippen MR) is 89.3 cm³/mol. The molecular weight excluding hydrogens is 276 g/mol. The molecule has 0 heterocycles. The number of anilines is 1. The average molecular weight is 298 g/mol. The molecule has 22 heavy (non-hydrogen) atoms. The molecule has 0 atom stereocenters. The minimum atomic E-state index is -0.216. The third kappa shape index (κ3) is 5.48. The highest BCUT2D eigenvalue weighted by atomic mass is 16.5. The SMILES string of the molecule is CC(C)(C)NC(=O)CNc1ccc(Oc2ccccc2)cc1. The van der Waals surface area contributed by atoms with Crippen molar-refractivity contribution in [3.63, 3.8) is 0 Å². The quantitative estimate of drug-likeness (QED) is 0.882. The van der Waals surface area contributed by atoms with Crippen molar-refractivity contribution in [1.29, 1.82) is 0 Å². The summed E-state index contributed by atoms with van der Waals surface area (Å²) >= 11 is 0. The van der Waals surface area contributed by atoms with E-state index in [1.165, 1.54) is 0 Å². The number of carbonyl (C=O) groups excluding carboxylic acids is 1. The monoisotopic (exact) mass is 298 g/mol. The van der Waals surface area contributed by atoms with Gasteiger partial charge in [-0.25, -0.2) is 0 Å². The molecule has 0 radical (unpaired) electrons. The first-order valence-corrected chi connectivity index (χ1v) is 7.30. The van der Waals surface area contributed by atoms with Crippen LogP contribution in [0, 0.1) is 0 Å². The normalized spacial score (nSPS) is 10.9. The zero-order valence-electron chi connectivity index (χ0n) is 13.2. The number of amides is 1. The molecule has 2 N–H and O–H groups in total. The molecule has 2 rings (SSSR count). The lowest BCUT2D eigenvalue weighted by Crippen LogP contribution is -2.43. The van der Waals surface area contributed by atoms with Gasteiger partial charge in [-0.15, -0.1) is 0 Å². The number of hydrogen-bond acceptors (Lipinski definition) is 3. The second-order valence-corrected chi connectivity index (χ2v) is 6.09. The maximum Gasteiger partial charge on any atom is 0.239 e. The topological polar surface area (TPSA) is 50.4 Å². The van der Waals surface area contributed by atoms with Crippen molar-refractivity contribution in [3.8, 4) is 11.5 Å². The van der Waals surface area contributed by atoms with Crippen LogP contribution in [0.3, 0.4) is 0 Å². The Morgan fingerprint density at radius 3 is 2.14 bits per heavy atom. The lowest BCUT2D eigenvalue weighted by molar-refractivity contribution is -0.120. The van der Waals surface area contributed by atoms with Crippen LogP contribution in [-0.4, -0.2) is 18.0 Å². The molecular formula is C18H22N2O2. The largest absolute Gasteiger partial charge is 0.457 e. The Balaban J connectivity index is 1.86. The van der Waals surface area contributed by atoms with Gasteiger partial charge in [0.2, 0.25) is 5.91 Å². The Labute approximate surface area is 131 Å². The van der Waals surface area contributed by atoms with Gasteiger partial charge >= 0.3 is 0 Å². The van der Waals surface area contributed by atoms with E-state index in [-0.39, 0.29) is 18.0 Å². The zero-order valence-corrected chi connectivity index (χ0v) is 13.2. The summed E-state index contributed by atoms with van der Waals surface area (Å²) in [4.78, 5) is 11.7. The first-order chi connectivity index (χ1) is 10.4. The summed E-state index contributed by atoms with van der Waals surface area (Å²) in [5.74, 6) is 1.53. The Hall–Kier alpha value is -2.49. The third-order valence-electron chi connectivity index (χ3n) is 2.80. The molecule has 2 aromatic carbocycles. The summed E-state index contributed by atoms with van der Waals surface area (Å²) in [5.41, 5.74) is 0.663. The molecule has 116 valence electrons. The van der Waals surface area contributed by atoms with Crippen molar-refractivity contribution in [1.82, 2.24) is 5.32 Å². The first-order valence-electron chi connectivity index (χ1n) is 7.30. The van der Waals surface area contributed by atoms with Crippen LogP contribution in [0.4, 0.5) is 5.69 Å². The summed E-state index contributed by atoms with van der Waals surface area (Å²) in [6.45, 7) is 6.12. The standard InChI is InChI=1S/C18H22N2O2/c1-18(2,3)20-17(21)13-19-14-9-11-16(12-10-14)22-15-7-5-4-6-8-15/h4-12,19H,13H2,1-3H3,(H,20,21). The smallest absolute Gasteiger partial charge is 0.239 e. The maximum atomic E-state index is 11.7. The molecule has 0 aliphatic rings. The summed E-state index contributed by atoms with van der Waals surface area (Å²) in [5, 5.41) is 6.00. The van der Waals surface area contributed by atoms with E-state index in [0.717, 1.165) is 17.2 Å². The summed E-state index contributed by atoms with van der Waals surface area (Å²) < 4.78 is 5.72. The average Bonchev–Trinajstić information content (AvgIpc) is 2.46. The van der Waals surface area contributed by atoms with Crippen LogP contribution in [-0.2, 0) is 4.79 Å². The first kappa shape index (κ1) is 15.9. The fraction of sp³-hybridized carbons (Fsp3) is 0.278. The number of para-hydroxylation sites is 1. The van der Waals surface area contributed by atoms with E-state index in [1.54, 1.807) is 0 Å². The second-order valence-electron chi connectivity index (χ2n) is 6.09. The fourth-order valence-corrected chi connectivity index (χ4v) is 1.91. The van der Waals surface area contributed by atoms with Crippen LogP contribution in [0.25, 0.3) is 0 Å². The number of benzene rings is 2. The van der Waals surface area contributed by atoms with Crippen LogP contribution in [0.15, 0.2) is 54.6 Å². The highest BCUT2D eigenvalue weighted by Crippen LogP contribution is 2.22. The van der Waals surface area contributed by atoms with Crippen molar-refractivity contribution >= 4 is 11.6 Å². The number of nitrogens with one attached hydrogen (secondary N) is 2. The van der Waals surface area contributed by atoms with E-state index in [9.17, 15) is 4.79 Å². The van der Waals surface area contributed by atoms with Crippen molar-refractivity contribution < 1.29 is 9.53 Å². The van der Waals surface area contributed by atoms with E-state index < -0.39 is 0 Å². The maximum absolute atomic E-state index is 11.7. The molecule has 4 nitrogen and oxygen atoms in total. The van der Waals surface area contributed by atoms with Gasteiger partial charge in [-0.3, -0.25) is 4.79 Å². The van der Waals surface area contributed by atoms with Crippen molar-refractivity contribution in [3.05, 3.63) is 54.6 Å². The highest BCUT2D eigenvalue weighted by molar-refractivity contribution is 5.81. The van der Waals surface area contributed by atoms with Crippen LogP contribution in [0.5, 0.6) is 11.5 Å². The van der Waals surface area contributed by atoms with Crippen molar-refractivity contribution in [2.75, 3.05) is 11.9 Å². The van der Waals surface area contributed by atoms with Gasteiger partial charge in [0.05, 0.1) is 6.54 Å². The fourth-order valence-electron chi connectivity index (χ4n) is 1.91. The molecule has 4 heteroatoms. The number of carbonyl (C=O) groups is 1. The minimum Gasteiger partial charge on any atom is -0.457 e. The Bertz CT molecular complexity index is 601. The van der Waals surface area contributed by atoms with Crippen LogP contribution in [0.2, 0.25) is 0 Å². The highest BCUT2D eigenvalue weighted by Gasteiger charge is 2.12. The lowest BCUT2D eigenvalue weighted by Gasteiger charge is -2.20. The van der Waals surface area contributed by atoms with Gasteiger partial charge < -0.3 is 15.4 Å². The summed E-state index contributed by atoms with van der Waals surface area (Å²) in [6.07, 6.45) is 0. The van der Waals surface area contributed by atoms with Gasteiger partial charge in [0.25, 0.3) is 0 Å². The van der Waals surface area contributed by atoms with Crippen LogP contribution >= 0.6 is 0 Å². The molecule has 0 bridgehead atoms. The molecule has 1 amide bonds. The third-order valence-corrected chi connectivity index (χ3v) is 2.80. The molecule has 2 aromatic rings. The van der Waals surface area contributed by atoms with Crippen LogP contribution < -0.4 is 15.4 Å². The van der Waals surface area contributed by atoms with E-state index in [2.05, 4.69) is 10.6 Å². The molecule has 0 fully saturated rings. The van der Waals surface area contributed by atoms with Gasteiger partial charge in [0, 0.05) is 11.2 Å². The molecule has 0 saturated carbocycles. The Morgan fingerprint density at radius 2 is 1.55 bits per heavy atom.